The summed E-state index contributed by atoms with van der Waals surface area (Å²) in [5.74, 6) is 0.0306. The fourth-order valence-electron chi connectivity index (χ4n) is 1.70. The van der Waals surface area contributed by atoms with Crippen molar-refractivity contribution in [2.75, 3.05) is 7.05 Å². The highest BCUT2D eigenvalue weighted by molar-refractivity contribution is 5.75. The SMILES string of the molecule is Cc1ccnn1CC(=O)N(C)Cc1ccnn1C. The van der Waals surface area contributed by atoms with Gasteiger partial charge in [-0.2, -0.15) is 10.2 Å². The number of carbonyl (C=O) groups excluding carboxylic acids is 1. The van der Waals surface area contributed by atoms with Crippen LogP contribution in [0.1, 0.15) is 11.4 Å². The zero-order valence-corrected chi connectivity index (χ0v) is 10.9. The van der Waals surface area contributed by atoms with Crippen LogP contribution in [0.4, 0.5) is 0 Å². The van der Waals surface area contributed by atoms with Gasteiger partial charge < -0.3 is 4.90 Å². The smallest absolute Gasteiger partial charge is 0.244 e. The molecule has 18 heavy (non-hydrogen) atoms. The predicted octanol–water partition coefficient (Wildman–Crippen LogP) is 0.584. The van der Waals surface area contributed by atoms with E-state index in [1.165, 1.54) is 0 Å². The molecule has 6 nitrogen and oxygen atoms in total. The minimum atomic E-state index is 0.0306. The Morgan fingerprint density at radius 3 is 2.61 bits per heavy atom. The van der Waals surface area contributed by atoms with Crippen LogP contribution < -0.4 is 0 Å². The van der Waals surface area contributed by atoms with Crippen LogP contribution in [0, 0.1) is 6.92 Å². The summed E-state index contributed by atoms with van der Waals surface area (Å²) in [7, 11) is 3.65. The van der Waals surface area contributed by atoms with Gasteiger partial charge in [0.25, 0.3) is 0 Å². The summed E-state index contributed by atoms with van der Waals surface area (Å²) in [4.78, 5) is 13.7. The number of amides is 1. The third-order valence-electron chi connectivity index (χ3n) is 2.96. The first-order valence-electron chi connectivity index (χ1n) is 5.77. The van der Waals surface area contributed by atoms with Crippen molar-refractivity contribution in [2.24, 2.45) is 7.05 Å². The first-order valence-corrected chi connectivity index (χ1v) is 5.77. The van der Waals surface area contributed by atoms with Gasteiger partial charge in [-0.3, -0.25) is 14.2 Å². The molecule has 0 aliphatic rings. The molecule has 0 aliphatic carbocycles. The fraction of sp³-hybridized carbons (Fsp3) is 0.417. The first kappa shape index (κ1) is 12.3. The zero-order chi connectivity index (χ0) is 13.1. The molecule has 0 saturated carbocycles. The van der Waals surface area contributed by atoms with E-state index in [-0.39, 0.29) is 12.5 Å². The van der Waals surface area contributed by atoms with E-state index in [0.717, 1.165) is 11.4 Å². The standard InChI is InChI=1S/C12H17N5O/c1-10-4-6-14-17(10)9-12(18)15(2)8-11-5-7-13-16(11)3/h4-7H,8-9H2,1-3H3. The molecule has 0 fully saturated rings. The van der Waals surface area contributed by atoms with E-state index in [9.17, 15) is 4.79 Å². The Labute approximate surface area is 106 Å². The Morgan fingerprint density at radius 1 is 1.33 bits per heavy atom. The van der Waals surface area contributed by atoms with E-state index in [1.807, 2.05) is 26.1 Å². The summed E-state index contributed by atoms with van der Waals surface area (Å²) in [6, 6.07) is 3.79. The number of carbonyl (C=O) groups is 1. The highest BCUT2D eigenvalue weighted by atomic mass is 16.2. The second-order valence-corrected chi connectivity index (χ2v) is 4.33. The van der Waals surface area contributed by atoms with E-state index in [1.54, 1.807) is 33.7 Å². The number of hydrogen-bond donors (Lipinski definition) is 0. The van der Waals surface area contributed by atoms with Gasteiger partial charge in [-0.05, 0) is 19.1 Å². The molecule has 2 rings (SSSR count). The summed E-state index contributed by atoms with van der Waals surface area (Å²) >= 11 is 0. The topological polar surface area (TPSA) is 56.0 Å². The lowest BCUT2D eigenvalue weighted by atomic mass is 10.3. The molecule has 0 radical (unpaired) electrons. The monoisotopic (exact) mass is 247 g/mol. The van der Waals surface area contributed by atoms with Gasteiger partial charge in [0.15, 0.2) is 0 Å². The lowest BCUT2D eigenvalue weighted by Crippen LogP contribution is -2.31. The largest absolute Gasteiger partial charge is 0.338 e. The average Bonchev–Trinajstić information content (AvgIpc) is 2.90. The Morgan fingerprint density at radius 2 is 2.06 bits per heavy atom. The second-order valence-electron chi connectivity index (χ2n) is 4.33. The van der Waals surface area contributed by atoms with Crippen molar-refractivity contribution in [2.45, 2.75) is 20.0 Å². The summed E-state index contributed by atoms with van der Waals surface area (Å²) in [5.41, 5.74) is 1.99. The van der Waals surface area contributed by atoms with Crippen molar-refractivity contribution >= 4 is 5.91 Å². The van der Waals surface area contributed by atoms with Crippen LogP contribution in [0.3, 0.4) is 0 Å². The molecule has 2 heterocycles. The van der Waals surface area contributed by atoms with E-state index < -0.39 is 0 Å². The molecule has 0 saturated heterocycles. The maximum Gasteiger partial charge on any atom is 0.244 e. The lowest BCUT2D eigenvalue weighted by molar-refractivity contribution is -0.131. The van der Waals surface area contributed by atoms with Gasteiger partial charge in [-0.1, -0.05) is 0 Å². The van der Waals surface area contributed by atoms with Gasteiger partial charge >= 0.3 is 0 Å². The Kier molecular flexibility index (Phi) is 3.45. The molecule has 1 amide bonds. The van der Waals surface area contributed by atoms with Crippen LogP contribution in [0.2, 0.25) is 0 Å². The number of rotatable bonds is 4. The molecule has 0 aromatic carbocycles. The van der Waals surface area contributed by atoms with Crippen molar-refractivity contribution in [1.29, 1.82) is 0 Å². The molecule has 0 spiro atoms. The van der Waals surface area contributed by atoms with Crippen LogP contribution >= 0.6 is 0 Å². The molecule has 0 unspecified atom stereocenters. The first-order chi connectivity index (χ1) is 8.58. The Hall–Kier alpha value is -2.11. The van der Waals surface area contributed by atoms with Gasteiger partial charge in [0, 0.05) is 32.2 Å². The number of aromatic nitrogens is 4. The van der Waals surface area contributed by atoms with Gasteiger partial charge in [0.05, 0.1) is 12.2 Å². The van der Waals surface area contributed by atoms with Crippen molar-refractivity contribution in [3.05, 3.63) is 35.9 Å². The van der Waals surface area contributed by atoms with Crippen molar-refractivity contribution in [3.63, 3.8) is 0 Å². The van der Waals surface area contributed by atoms with Crippen molar-refractivity contribution in [1.82, 2.24) is 24.5 Å². The van der Waals surface area contributed by atoms with Crippen LogP contribution in [-0.4, -0.2) is 37.4 Å². The molecule has 2 aromatic heterocycles. The molecule has 96 valence electrons. The number of nitrogens with zero attached hydrogens (tertiary/aromatic N) is 5. The molecule has 6 heteroatoms. The van der Waals surface area contributed by atoms with E-state index in [4.69, 9.17) is 0 Å². The lowest BCUT2D eigenvalue weighted by Gasteiger charge is -2.17. The van der Waals surface area contributed by atoms with Gasteiger partial charge in [0.1, 0.15) is 6.54 Å². The molecular weight excluding hydrogens is 230 g/mol. The van der Waals surface area contributed by atoms with Gasteiger partial charge in [-0.15, -0.1) is 0 Å². The Balaban J connectivity index is 1.97. The van der Waals surface area contributed by atoms with E-state index >= 15 is 0 Å². The predicted molar refractivity (Wildman–Crippen MR) is 66.6 cm³/mol. The molecular formula is C12H17N5O. The maximum atomic E-state index is 12.0. The third-order valence-corrected chi connectivity index (χ3v) is 2.96. The van der Waals surface area contributed by atoms with Gasteiger partial charge in [0.2, 0.25) is 5.91 Å². The van der Waals surface area contributed by atoms with Gasteiger partial charge in [-0.25, -0.2) is 0 Å². The highest BCUT2D eigenvalue weighted by Crippen LogP contribution is 2.03. The second kappa shape index (κ2) is 5.03. The average molecular weight is 247 g/mol. The summed E-state index contributed by atoms with van der Waals surface area (Å²) in [5, 5.41) is 8.18. The Bertz CT molecular complexity index is 542. The fourth-order valence-corrected chi connectivity index (χ4v) is 1.70. The molecule has 0 aliphatic heterocycles. The molecule has 0 N–H and O–H groups in total. The summed E-state index contributed by atoms with van der Waals surface area (Å²) < 4.78 is 3.46. The number of likely N-dealkylation sites (N-methyl/N-ethyl adjacent to an activating group) is 1. The highest BCUT2D eigenvalue weighted by Gasteiger charge is 2.12. The van der Waals surface area contributed by atoms with Crippen molar-refractivity contribution < 1.29 is 4.79 Å². The third kappa shape index (κ3) is 2.58. The minimum Gasteiger partial charge on any atom is -0.338 e. The molecule has 0 bridgehead atoms. The number of aryl methyl sites for hydroxylation is 2. The summed E-state index contributed by atoms with van der Waals surface area (Å²) in [6.07, 6.45) is 3.43. The quantitative estimate of drug-likeness (QED) is 0.794. The van der Waals surface area contributed by atoms with Crippen LogP contribution in [0.25, 0.3) is 0 Å². The minimum absolute atomic E-state index is 0.0306. The number of hydrogen-bond acceptors (Lipinski definition) is 3. The van der Waals surface area contributed by atoms with E-state index in [0.29, 0.717) is 6.54 Å². The zero-order valence-electron chi connectivity index (χ0n) is 10.9. The van der Waals surface area contributed by atoms with E-state index in [2.05, 4.69) is 10.2 Å². The van der Waals surface area contributed by atoms with Crippen LogP contribution in [0.15, 0.2) is 24.5 Å². The maximum absolute atomic E-state index is 12.0. The molecule has 2 aromatic rings. The molecule has 0 atom stereocenters. The van der Waals surface area contributed by atoms with Crippen LogP contribution in [-0.2, 0) is 24.9 Å². The summed E-state index contributed by atoms with van der Waals surface area (Å²) in [6.45, 7) is 2.75. The normalized spacial score (nSPS) is 10.6. The van der Waals surface area contributed by atoms with Crippen LogP contribution in [0.5, 0.6) is 0 Å². The van der Waals surface area contributed by atoms with Crippen molar-refractivity contribution in [3.8, 4) is 0 Å².